The van der Waals surface area contributed by atoms with Gasteiger partial charge in [-0.2, -0.15) is 0 Å². The van der Waals surface area contributed by atoms with Gasteiger partial charge in [-0.1, -0.05) is 44.7 Å². The number of anilines is 1. The van der Waals surface area contributed by atoms with Gasteiger partial charge < -0.3 is 19.7 Å². The first-order valence-corrected chi connectivity index (χ1v) is 10.7. The van der Waals surface area contributed by atoms with Crippen LogP contribution < -0.4 is 10.1 Å². The van der Waals surface area contributed by atoms with Gasteiger partial charge in [0.15, 0.2) is 0 Å². The summed E-state index contributed by atoms with van der Waals surface area (Å²) in [7, 11) is 1.62. The highest BCUT2D eigenvalue weighted by Gasteiger charge is 2.16. The van der Waals surface area contributed by atoms with Crippen LogP contribution >= 0.6 is 0 Å². The van der Waals surface area contributed by atoms with Crippen LogP contribution in [-0.4, -0.2) is 37.8 Å². The Balaban J connectivity index is 2.01. The molecule has 5 nitrogen and oxygen atoms in total. The first-order chi connectivity index (χ1) is 15.0. The maximum absolute atomic E-state index is 14.0. The van der Waals surface area contributed by atoms with E-state index >= 15 is 0 Å². The van der Waals surface area contributed by atoms with Crippen LogP contribution in [0.2, 0.25) is 0 Å². The Hall–Kier alpha value is -2.67. The molecule has 2 aromatic carbocycles. The molecule has 0 aliphatic heterocycles. The van der Waals surface area contributed by atoms with E-state index in [2.05, 4.69) is 12.2 Å². The molecule has 0 aromatic heterocycles. The van der Waals surface area contributed by atoms with Crippen LogP contribution in [0, 0.1) is 11.6 Å². The largest absolute Gasteiger partial charge is 0.491 e. The second-order valence-electron chi connectivity index (χ2n) is 7.38. The molecule has 0 spiro atoms. The Labute approximate surface area is 183 Å². The third-order valence-corrected chi connectivity index (χ3v) is 4.84. The van der Waals surface area contributed by atoms with E-state index in [0.29, 0.717) is 26.3 Å². The van der Waals surface area contributed by atoms with Gasteiger partial charge in [-0.3, -0.25) is 0 Å². The second-order valence-corrected chi connectivity index (χ2v) is 7.38. The number of carbonyl (C=O) groups is 1. The second kappa shape index (κ2) is 13.6. The summed E-state index contributed by atoms with van der Waals surface area (Å²) in [4.78, 5) is 14.5. The number of halogens is 2. The lowest BCUT2D eigenvalue weighted by atomic mass is 10.1. The average molecular weight is 435 g/mol. The zero-order valence-electron chi connectivity index (χ0n) is 18.3. The van der Waals surface area contributed by atoms with Crippen LogP contribution in [-0.2, 0) is 11.3 Å². The molecule has 7 heteroatoms. The maximum atomic E-state index is 14.0. The van der Waals surface area contributed by atoms with Gasteiger partial charge in [-0.25, -0.2) is 13.6 Å². The van der Waals surface area contributed by atoms with E-state index in [1.54, 1.807) is 12.0 Å². The molecule has 0 heterocycles. The predicted molar refractivity (Wildman–Crippen MR) is 118 cm³/mol. The molecule has 31 heavy (non-hydrogen) atoms. The summed E-state index contributed by atoms with van der Waals surface area (Å²) in [6.07, 6.45) is 5.31. The summed E-state index contributed by atoms with van der Waals surface area (Å²) in [6, 6.07) is 10.2. The molecule has 0 saturated heterocycles. The van der Waals surface area contributed by atoms with Crippen molar-refractivity contribution in [2.75, 3.05) is 32.2 Å². The van der Waals surface area contributed by atoms with E-state index in [1.807, 2.05) is 24.3 Å². The van der Waals surface area contributed by atoms with E-state index in [9.17, 15) is 13.6 Å². The molecule has 0 atom stereocenters. The molecule has 0 bridgehead atoms. The van der Waals surface area contributed by atoms with Crippen molar-refractivity contribution in [3.63, 3.8) is 0 Å². The number of urea groups is 1. The van der Waals surface area contributed by atoms with Gasteiger partial charge in [0.1, 0.15) is 24.0 Å². The first-order valence-electron chi connectivity index (χ1n) is 10.7. The average Bonchev–Trinajstić information content (AvgIpc) is 2.76. The van der Waals surface area contributed by atoms with Crippen molar-refractivity contribution in [1.29, 1.82) is 0 Å². The van der Waals surface area contributed by atoms with Crippen molar-refractivity contribution < 1.29 is 23.0 Å². The van der Waals surface area contributed by atoms with E-state index in [0.717, 1.165) is 55.5 Å². The molecule has 2 rings (SSSR count). The summed E-state index contributed by atoms with van der Waals surface area (Å²) in [5.41, 5.74) is 0.895. The molecular weight excluding hydrogens is 402 g/mol. The SMILES string of the molecule is CCCCCCCN(Cc1ccc(OCCOC)cc1)C(=O)Nc1ccc(F)cc1F. The van der Waals surface area contributed by atoms with Crippen LogP contribution in [0.3, 0.4) is 0 Å². The third-order valence-electron chi connectivity index (χ3n) is 4.84. The Morgan fingerprint density at radius 2 is 1.74 bits per heavy atom. The Morgan fingerprint density at radius 1 is 1.00 bits per heavy atom. The zero-order valence-corrected chi connectivity index (χ0v) is 18.3. The van der Waals surface area contributed by atoms with Gasteiger partial charge in [0.05, 0.1) is 12.3 Å². The van der Waals surface area contributed by atoms with Gasteiger partial charge >= 0.3 is 6.03 Å². The minimum atomic E-state index is -0.797. The Morgan fingerprint density at radius 3 is 2.42 bits per heavy atom. The fraction of sp³-hybridized carbons (Fsp3) is 0.458. The summed E-state index contributed by atoms with van der Waals surface area (Å²) < 4.78 is 37.7. The lowest BCUT2D eigenvalue weighted by Crippen LogP contribution is -2.35. The zero-order chi connectivity index (χ0) is 22.5. The van der Waals surface area contributed by atoms with Crippen LogP contribution in [0.4, 0.5) is 19.3 Å². The van der Waals surface area contributed by atoms with Crippen LogP contribution in [0.5, 0.6) is 5.75 Å². The number of rotatable bonds is 13. The number of hydrogen-bond acceptors (Lipinski definition) is 3. The smallest absolute Gasteiger partial charge is 0.322 e. The molecule has 2 amide bonds. The molecule has 0 saturated carbocycles. The molecule has 170 valence electrons. The van der Waals surface area contributed by atoms with Crippen LogP contribution in [0.15, 0.2) is 42.5 Å². The van der Waals surface area contributed by atoms with Crippen molar-refractivity contribution in [1.82, 2.24) is 4.90 Å². The van der Waals surface area contributed by atoms with Crippen LogP contribution in [0.1, 0.15) is 44.6 Å². The lowest BCUT2D eigenvalue weighted by molar-refractivity contribution is 0.146. The lowest BCUT2D eigenvalue weighted by Gasteiger charge is -2.23. The summed E-state index contributed by atoms with van der Waals surface area (Å²) in [5.74, 6) is -0.755. The standard InChI is InChI=1S/C24H32F2N2O3/c1-3-4-5-6-7-14-28(24(29)27-23-13-10-20(25)17-22(23)26)18-19-8-11-21(12-9-19)31-16-15-30-2/h8-13,17H,3-7,14-16,18H2,1-2H3,(H,27,29). The quantitative estimate of drug-likeness (QED) is 0.394. The van der Waals surface area contributed by atoms with Gasteiger partial charge in [0.2, 0.25) is 0 Å². The van der Waals surface area contributed by atoms with Gasteiger partial charge in [0.25, 0.3) is 0 Å². The highest BCUT2D eigenvalue weighted by Crippen LogP contribution is 2.18. The topological polar surface area (TPSA) is 50.8 Å². The number of benzene rings is 2. The molecular formula is C24H32F2N2O3. The summed E-state index contributed by atoms with van der Waals surface area (Å²) in [5, 5.41) is 2.56. The Kier molecular flexibility index (Phi) is 10.8. The minimum Gasteiger partial charge on any atom is -0.491 e. The number of nitrogens with one attached hydrogen (secondary N) is 1. The number of hydrogen-bond donors (Lipinski definition) is 1. The van der Waals surface area contributed by atoms with Crippen molar-refractivity contribution in [2.24, 2.45) is 0 Å². The number of unbranched alkanes of at least 4 members (excludes halogenated alkanes) is 4. The highest BCUT2D eigenvalue weighted by molar-refractivity contribution is 5.89. The third kappa shape index (κ3) is 8.92. The van der Waals surface area contributed by atoms with Gasteiger partial charge in [-0.05, 0) is 36.2 Å². The number of nitrogens with zero attached hydrogens (tertiary/aromatic N) is 1. The fourth-order valence-electron chi connectivity index (χ4n) is 3.10. The van der Waals surface area contributed by atoms with Crippen molar-refractivity contribution in [3.05, 3.63) is 59.7 Å². The molecule has 0 radical (unpaired) electrons. The fourth-order valence-corrected chi connectivity index (χ4v) is 3.10. The number of carbonyl (C=O) groups excluding carboxylic acids is 1. The highest BCUT2D eigenvalue weighted by atomic mass is 19.1. The summed E-state index contributed by atoms with van der Waals surface area (Å²) in [6.45, 7) is 4.05. The molecule has 0 aliphatic carbocycles. The molecule has 0 fully saturated rings. The van der Waals surface area contributed by atoms with E-state index < -0.39 is 17.7 Å². The van der Waals surface area contributed by atoms with Crippen LogP contribution in [0.25, 0.3) is 0 Å². The molecule has 0 aliphatic rings. The predicted octanol–water partition coefficient (Wildman–Crippen LogP) is 5.99. The number of methoxy groups -OCH3 is 1. The van der Waals surface area contributed by atoms with Gasteiger partial charge in [0, 0.05) is 26.3 Å². The molecule has 0 unspecified atom stereocenters. The van der Waals surface area contributed by atoms with E-state index in [-0.39, 0.29) is 5.69 Å². The first kappa shape index (κ1) is 24.6. The Bertz CT molecular complexity index is 800. The normalized spacial score (nSPS) is 10.7. The monoisotopic (exact) mass is 434 g/mol. The van der Waals surface area contributed by atoms with Gasteiger partial charge in [-0.15, -0.1) is 0 Å². The number of amides is 2. The summed E-state index contributed by atoms with van der Waals surface area (Å²) >= 11 is 0. The van der Waals surface area contributed by atoms with Crippen molar-refractivity contribution in [3.8, 4) is 5.75 Å². The maximum Gasteiger partial charge on any atom is 0.322 e. The van der Waals surface area contributed by atoms with E-state index in [4.69, 9.17) is 9.47 Å². The minimum absolute atomic E-state index is 0.0377. The number of ether oxygens (including phenoxy) is 2. The van der Waals surface area contributed by atoms with E-state index in [1.165, 1.54) is 6.07 Å². The van der Waals surface area contributed by atoms with Crippen molar-refractivity contribution >= 4 is 11.7 Å². The van der Waals surface area contributed by atoms with Crippen molar-refractivity contribution in [2.45, 2.75) is 45.6 Å². The molecule has 1 N–H and O–H groups in total. The molecule has 2 aromatic rings.